The van der Waals surface area contributed by atoms with Crippen LogP contribution in [0.5, 0.6) is 0 Å². The van der Waals surface area contributed by atoms with Gasteiger partial charge in [0.05, 0.1) is 0 Å². The highest BCUT2D eigenvalue weighted by atomic mass is 15.2. The van der Waals surface area contributed by atoms with Gasteiger partial charge in [0.2, 0.25) is 0 Å². The Kier molecular flexibility index (Phi) is 4.29. The zero-order chi connectivity index (χ0) is 14.8. The molecule has 0 unspecified atom stereocenters. The van der Waals surface area contributed by atoms with E-state index < -0.39 is 0 Å². The van der Waals surface area contributed by atoms with Crippen LogP contribution in [0.25, 0.3) is 0 Å². The first kappa shape index (κ1) is 14.6. The summed E-state index contributed by atoms with van der Waals surface area (Å²) in [6.07, 6.45) is 5.21. The van der Waals surface area contributed by atoms with Gasteiger partial charge >= 0.3 is 0 Å². The molecule has 3 rings (SSSR count). The maximum atomic E-state index is 4.75. The molecule has 2 aliphatic rings. The molecule has 0 saturated heterocycles. The van der Waals surface area contributed by atoms with Gasteiger partial charge in [-0.25, -0.2) is 9.97 Å². The molecule has 21 heavy (non-hydrogen) atoms. The first-order valence-corrected chi connectivity index (χ1v) is 8.27. The molecule has 5 nitrogen and oxygen atoms in total. The average molecular weight is 289 g/mol. The SMILES string of the molecule is CCN(CCNc1nc(C2CC2)nc(NC)c1C)C1CC1. The van der Waals surface area contributed by atoms with E-state index in [1.165, 1.54) is 25.7 Å². The van der Waals surface area contributed by atoms with Gasteiger partial charge < -0.3 is 10.6 Å². The average Bonchev–Trinajstić information content (AvgIpc) is 3.37. The number of nitrogens with one attached hydrogen (secondary N) is 2. The van der Waals surface area contributed by atoms with Crippen molar-refractivity contribution < 1.29 is 0 Å². The van der Waals surface area contributed by atoms with E-state index in [-0.39, 0.29) is 0 Å². The summed E-state index contributed by atoms with van der Waals surface area (Å²) in [5.74, 6) is 3.55. The third kappa shape index (κ3) is 3.46. The molecule has 0 aliphatic heterocycles. The van der Waals surface area contributed by atoms with Crippen LogP contribution in [-0.4, -0.2) is 47.6 Å². The van der Waals surface area contributed by atoms with E-state index in [0.29, 0.717) is 5.92 Å². The number of hydrogen-bond donors (Lipinski definition) is 2. The highest BCUT2D eigenvalue weighted by molar-refractivity contribution is 5.57. The van der Waals surface area contributed by atoms with E-state index in [1.807, 2.05) is 7.05 Å². The lowest BCUT2D eigenvalue weighted by molar-refractivity contribution is 0.289. The van der Waals surface area contributed by atoms with Gasteiger partial charge in [-0.05, 0) is 39.2 Å². The van der Waals surface area contributed by atoms with E-state index in [2.05, 4.69) is 34.4 Å². The minimum absolute atomic E-state index is 0.580. The molecule has 0 spiro atoms. The summed E-state index contributed by atoms with van der Waals surface area (Å²) in [6.45, 7) is 7.53. The van der Waals surface area contributed by atoms with Crippen molar-refractivity contribution in [3.8, 4) is 0 Å². The Balaban J connectivity index is 1.64. The largest absolute Gasteiger partial charge is 0.373 e. The van der Waals surface area contributed by atoms with Crippen molar-refractivity contribution >= 4 is 11.6 Å². The van der Waals surface area contributed by atoms with Crippen molar-refractivity contribution in [2.24, 2.45) is 0 Å². The number of anilines is 2. The minimum Gasteiger partial charge on any atom is -0.373 e. The molecule has 0 bridgehead atoms. The first-order valence-electron chi connectivity index (χ1n) is 8.27. The summed E-state index contributed by atoms with van der Waals surface area (Å²) >= 11 is 0. The minimum atomic E-state index is 0.580. The maximum Gasteiger partial charge on any atom is 0.136 e. The fraction of sp³-hybridized carbons (Fsp3) is 0.750. The van der Waals surface area contributed by atoms with Crippen molar-refractivity contribution in [1.82, 2.24) is 14.9 Å². The number of nitrogens with zero attached hydrogens (tertiary/aromatic N) is 3. The van der Waals surface area contributed by atoms with Crippen molar-refractivity contribution in [1.29, 1.82) is 0 Å². The zero-order valence-corrected chi connectivity index (χ0v) is 13.4. The molecule has 1 aromatic heterocycles. The van der Waals surface area contributed by atoms with Gasteiger partial charge in [-0.15, -0.1) is 0 Å². The quantitative estimate of drug-likeness (QED) is 0.770. The van der Waals surface area contributed by atoms with Crippen molar-refractivity contribution in [3.63, 3.8) is 0 Å². The molecule has 0 aromatic carbocycles. The third-order valence-electron chi connectivity index (χ3n) is 4.50. The second-order valence-electron chi connectivity index (χ2n) is 6.21. The molecule has 0 amide bonds. The molecule has 5 heteroatoms. The van der Waals surface area contributed by atoms with Crippen molar-refractivity contribution in [3.05, 3.63) is 11.4 Å². The molecule has 1 aromatic rings. The Morgan fingerprint density at radius 3 is 2.43 bits per heavy atom. The molecule has 2 saturated carbocycles. The fourth-order valence-corrected chi connectivity index (χ4v) is 2.83. The molecule has 2 N–H and O–H groups in total. The standard InChI is InChI=1S/C16H27N5/c1-4-21(13-7-8-13)10-9-18-15-11(2)14(17-3)19-16(20-15)12-5-6-12/h12-13H,4-10H2,1-3H3,(H2,17,18,19,20). The van der Waals surface area contributed by atoms with E-state index in [1.54, 1.807) is 0 Å². The zero-order valence-electron chi connectivity index (χ0n) is 13.4. The monoisotopic (exact) mass is 289 g/mol. The topological polar surface area (TPSA) is 53.1 Å². The van der Waals surface area contributed by atoms with Crippen LogP contribution in [0, 0.1) is 6.92 Å². The van der Waals surface area contributed by atoms with Gasteiger partial charge in [0.15, 0.2) is 0 Å². The predicted molar refractivity (Wildman–Crippen MR) is 87.0 cm³/mol. The molecule has 0 radical (unpaired) electrons. The van der Waals surface area contributed by atoms with E-state index in [9.17, 15) is 0 Å². The van der Waals surface area contributed by atoms with Crippen LogP contribution in [0.4, 0.5) is 11.6 Å². The van der Waals surface area contributed by atoms with Crippen molar-refractivity contribution in [2.45, 2.75) is 51.5 Å². The van der Waals surface area contributed by atoms with Crippen LogP contribution in [0.1, 0.15) is 49.9 Å². The van der Waals surface area contributed by atoms with Gasteiger partial charge in [-0.1, -0.05) is 6.92 Å². The van der Waals surface area contributed by atoms with Crippen LogP contribution < -0.4 is 10.6 Å². The summed E-state index contributed by atoms with van der Waals surface area (Å²) < 4.78 is 0. The lowest BCUT2D eigenvalue weighted by Gasteiger charge is -2.20. The number of likely N-dealkylation sites (N-methyl/N-ethyl adjacent to an activating group) is 1. The second-order valence-corrected chi connectivity index (χ2v) is 6.21. The number of rotatable bonds is 8. The van der Waals surface area contributed by atoms with Gasteiger partial charge in [0.1, 0.15) is 17.5 Å². The Labute approximate surface area is 127 Å². The van der Waals surface area contributed by atoms with Gasteiger partial charge in [-0.3, -0.25) is 4.90 Å². The smallest absolute Gasteiger partial charge is 0.136 e. The van der Waals surface area contributed by atoms with Crippen LogP contribution in [0.2, 0.25) is 0 Å². The van der Waals surface area contributed by atoms with Crippen LogP contribution >= 0.6 is 0 Å². The van der Waals surface area contributed by atoms with Gasteiger partial charge in [-0.2, -0.15) is 0 Å². The van der Waals surface area contributed by atoms with E-state index in [4.69, 9.17) is 4.98 Å². The lowest BCUT2D eigenvalue weighted by atomic mass is 10.2. The molecule has 2 aliphatic carbocycles. The number of aromatic nitrogens is 2. The molecular weight excluding hydrogens is 262 g/mol. The van der Waals surface area contributed by atoms with E-state index in [0.717, 1.165) is 48.7 Å². The summed E-state index contributed by atoms with van der Waals surface area (Å²) in [5.41, 5.74) is 1.12. The highest BCUT2D eigenvalue weighted by Gasteiger charge is 2.29. The number of hydrogen-bond acceptors (Lipinski definition) is 5. The third-order valence-corrected chi connectivity index (χ3v) is 4.50. The highest BCUT2D eigenvalue weighted by Crippen LogP contribution is 2.39. The molecule has 0 atom stereocenters. The lowest BCUT2D eigenvalue weighted by Crippen LogP contribution is -2.31. The van der Waals surface area contributed by atoms with E-state index >= 15 is 0 Å². The fourth-order valence-electron chi connectivity index (χ4n) is 2.83. The predicted octanol–water partition coefficient (Wildman–Crippen LogP) is 2.60. The molecule has 116 valence electrons. The van der Waals surface area contributed by atoms with Gasteiger partial charge in [0, 0.05) is 37.7 Å². The molecule has 2 fully saturated rings. The van der Waals surface area contributed by atoms with Crippen LogP contribution in [-0.2, 0) is 0 Å². The molecular formula is C16H27N5. The molecule has 1 heterocycles. The van der Waals surface area contributed by atoms with Gasteiger partial charge in [0.25, 0.3) is 0 Å². The first-order chi connectivity index (χ1) is 10.2. The Morgan fingerprint density at radius 1 is 1.14 bits per heavy atom. The maximum absolute atomic E-state index is 4.75. The summed E-state index contributed by atoms with van der Waals surface area (Å²) in [5, 5.41) is 6.72. The van der Waals surface area contributed by atoms with Crippen LogP contribution in [0.15, 0.2) is 0 Å². The normalized spacial score (nSPS) is 18.1. The Bertz CT molecular complexity index is 494. The summed E-state index contributed by atoms with van der Waals surface area (Å²) in [4.78, 5) is 11.9. The van der Waals surface area contributed by atoms with Crippen LogP contribution in [0.3, 0.4) is 0 Å². The summed E-state index contributed by atoms with van der Waals surface area (Å²) in [6, 6.07) is 0.832. The van der Waals surface area contributed by atoms with Crippen molar-refractivity contribution in [2.75, 3.05) is 37.3 Å². The Hall–Kier alpha value is -1.36. The second kappa shape index (κ2) is 6.18. The summed E-state index contributed by atoms with van der Waals surface area (Å²) in [7, 11) is 1.93. The Morgan fingerprint density at radius 2 is 1.86 bits per heavy atom.